The number of hydrogen-bond acceptors (Lipinski definition) is 2. The molecule has 0 atom stereocenters. The monoisotopic (exact) mass is 178 g/mol. The van der Waals surface area contributed by atoms with Crippen molar-refractivity contribution in [1.82, 2.24) is 0 Å². The van der Waals surface area contributed by atoms with Crippen LogP contribution in [0.25, 0.3) is 0 Å². The zero-order valence-corrected chi connectivity index (χ0v) is 8.00. The Labute approximate surface area is 78.2 Å². The van der Waals surface area contributed by atoms with Crippen LogP contribution < -0.4 is 0 Å². The summed E-state index contributed by atoms with van der Waals surface area (Å²) in [5.74, 6) is 0.143. The average Bonchev–Trinajstić information content (AvgIpc) is 2.10. The molecule has 0 amide bonds. The second-order valence-electron chi connectivity index (χ2n) is 3.14. The number of benzene rings is 1. The van der Waals surface area contributed by atoms with E-state index in [1.54, 1.807) is 25.1 Å². The van der Waals surface area contributed by atoms with E-state index in [9.17, 15) is 9.90 Å². The highest BCUT2D eigenvalue weighted by Crippen LogP contribution is 2.22. The van der Waals surface area contributed by atoms with Gasteiger partial charge in [0.1, 0.15) is 5.75 Å². The molecule has 0 saturated carbocycles. The Kier molecular flexibility index (Phi) is 3.07. The number of aryl methyl sites for hydroxylation is 1. The summed E-state index contributed by atoms with van der Waals surface area (Å²) in [5.41, 5.74) is 1.20. The number of para-hydroxylation sites is 1. The molecule has 1 rings (SSSR count). The largest absolute Gasteiger partial charge is 0.507 e. The van der Waals surface area contributed by atoms with Crippen molar-refractivity contribution in [3.8, 4) is 5.75 Å². The minimum absolute atomic E-state index is 0.0173. The lowest BCUT2D eigenvalue weighted by atomic mass is 10.0. The molecule has 13 heavy (non-hydrogen) atoms. The third kappa shape index (κ3) is 2.08. The lowest BCUT2D eigenvalue weighted by Gasteiger charge is -2.04. The van der Waals surface area contributed by atoms with Crippen LogP contribution in [0.15, 0.2) is 18.2 Å². The molecule has 1 aromatic rings. The number of carbonyl (C=O) groups is 1. The van der Waals surface area contributed by atoms with E-state index in [1.807, 2.05) is 6.92 Å². The lowest BCUT2D eigenvalue weighted by Crippen LogP contribution is -1.99. The first-order valence-corrected chi connectivity index (χ1v) is 4.48. The average molecular weight is 178 g/mol. The van der Waals surface area contributed by atoms with Gasteiger partial charge >= 0.3 is 0 Å². The number of phenolic OH excluding ortho intramolecular Hbond substituents is 1. The van der Waals surface area contributed by atoms with E-state index in [2.05, 4.69) is 0 Å². The van der Waals surface area contributed by atoms with Crippen LogP contribution >= 0.6 is 0 Å². The Morgan fingerprint density at radius 1 is 1.46 bits per heavy atom. The molecule has 70 valence electrons. The van der Waals surface area contributed by atoms with Gasteiger partial charge in [-0.25, -0.2) is 0 Å². The van der Waals surface area contributed by atoms with Crippen molar-refractivity contribution >= 4 is 5.78 Å². The van der Waals surface area contributed by atoms with Crippen LogP contribution in [0.2, 0.25) is 0 Å². The number of Topliss-reactive ketones (excluding diaryl/α,β-unsaturated/α-hetero) is 1. The van der Waals surface area contributed by atoms with E-state index in [1.165, 1.54) is 0 Å². The van der Waals surface area contributed by atoms with Gasteiger partial charge < -0.3 is 5.11 Å². The molecule has 0 spiro atoms. The van der Waals surface area contributed by atoms with E-state index in [0.29, 0.717) is 12.0 Å². The van der Waals surface area contributed by atoms with Crippen molar-refractivity contribution in [1.29, 1.82) is 0 Å². The van der Waals surface area contributed by atoms with E-state index < -0.39 is 0 Å². The van der Waals surface area contributed by atoms with E-state index in [4.69, 9.17) is 0 Å². The first-order chi connectivity index (χ1) is 6.16. The normalized spacial score (nSPS) is 10.0. The standard InChI is InChI=1S/C11H14O2/c1-3-5-10(12)9-7-4-6-8(2)11(9)13/h4,6-7,13H,3,5H2,1-2H3. The lowest BCUT2D eigenvalue weighted by molar-refractivity contribution is 0.0979. The minimum Gasteiger partial charge on any atom is -0.507 e. The van der Waals surface area contributed by atoms with Gasteiger partial charge in [0.15, 0.2) is 5.78 Å². The third-order valence-corrected chi connectivity index (χ3v) is 2.02. The summed E-state index contributed by atoms with van der Waals surface area (Å²) in [6.45, 7) is 3.74. The number of hydrogen-bond donors (Lipinski definition) is 1. The Morgan fingerprint density at radius 3 is 2.77 bits per heavy atom. The fraction of sp³-hybridized carbons (Fsp3) is 0.364. The van der Waals surface area contributed by atoms with Gasteiger partial charge in [-0.05, 0) is 25.0 Å². The molecule has 1 N–H and O–H groups in total. The fourth-order valence-electron chi connectivity index (χ4n) is 1.25. The summed E-state index contributed by atoms with van der Waals surface area (Å²) in [7, 11) is 0. The summed E-state index contributed by atoms with van der Waals surface area (Å²) in [6.07, 6.45) is 1.31. The molecule has 0 bridgehead atoms. The van der Waals surface area contributed by atoms with Gasteiger partial charge in [0, 0.05) is 6.42 Å². The summed E-state index contributed by atoms with van der Waals surface area (Å²) < 4.78 is 0. The molecule has 0 unspecified atom stereocenters. The second-order valence-corrected chi connectivity index (χ2v) is 3.14. The Hall–Kier alpha value is -1.31. The van der Waals surface area contributed by atoms with E-state index in [-0.39, 0.29) is 11.5 Å². The highest BCUT2D eigenvalue weighted by Gasteiger charge is 2.10. The highest BCUT2D eigenvalue weighted by atomic mass is 16.3. The van der Waals surface area contributed by atoms with Gasteiger partial charge in [0.2, 0.25) is 0 Å². The van der Waals surface area contributed by atoms with Gasteiger partial charge in [-0.1, -0.05) is 19.1 Å². The van der Waals surface area contributed by atoms with Crippen molar-refractivity contribution in [3.63, 3.8) is 0 Å². The molecule has 0 fully saturated rings. The van der Waals surface area contributed by atoms with Crippen LogP contribution in [0.1, 0.15) is 35.7 Å². The van der Waals surface area contributed by atoms with Crippen LogP contribution in [0.4, 0.5) is 0 Å². The Bertz CT molecular complexity index is 316. The maximum absolute atomic E-state index is 11.5. The molecule has 0 saturated heterocycles. The topological polar surface area (TPSA) is 37.3 Å². The molecule has 0 heterocycles. The third-order valence-electron chi connectivity index (χ3n) is 2.02. The molecular weight excluding hydrogens is 164 g/mol. The molecule has 0 aliphatic rings. The smallest absolute Gasteiger partial charge is 0.166 e. The SMILES string of the molecule is CCCC(=O)c1cccc(C)c1O. The molecule has 2 heteroatoms. The van der Waals surface area contributed by atoms with Crippen LogP contribution in [0.3, 0.4) is 0 Å². The second kappa shape index (κ2) is 4.08. The molecule has 0 aliphatic carbocycles. The number of phenols is 1. The molecular formula is C11H14O2. The molecule has 0 radical (unpaired) electrons. The van der Waals surface area contributed by atoms with Crippen LogP contribution in [0, 0.1) is 6.92 Å². The van der Waals surface area contributed by atoms with Crippen molar-refractivity contribution in [3.05, 3.63) is 29.3 Å². The fourth-order valence-corrected chi connectivity index (χ4v) is 1.25. The van der Waals surface area contributed by atoms with Crippen molar-refractivity contribution in [2.75, 3.05) is 0 Å². The number of aromatic hydroxyl groups is 1. The molecule has 2 nitrogen and oxygen atoms in total. The maximum Gasteiger partial charge on any atom is 0.166 e. The first kappa shape index (κ1) is 9.78. The first-order valence-electron chi connectivity index (χ1n) is 4.48. The summed E-state index contributed by atoms with van der Waals surface area (Å²) in [5, 5.41) is 9.57. The predicted molar refractivity (Wildman–Crippen MR) is 52.1 cm³/mol. The number of ketones is 1. The Morgan fingerprint density at radius 2 is 2.15 bits per heavy atom. The highest BCUT2D eigenvalue weighted by molar-refractivity contribution is 5.98. The van der Waals surface area contributed by atoms with Crippen LogP contribution in [-0.4, -0.2) is 10.9 Å². The van der Waals surface area contributed by atoms with Gasteiger partial charge in [0.05, 0.1) is 5.56 Å². The number of carbonyl (C=O) groups excluding carboxylic acids is 1. The van der Waals surface area contributed by atoms with Crippen LogP contribution in [-0.2, 0) is 0 Å². The van der Waals surface area contributed by atoms with Gasteiger partial charge in [0.25, 0.3) is 0 Å². The quantitative estimate of drug-likeness (QED) is 0.722. The van der Waals surface area contributed by atoms with Gasteiger partial charge in [-0.15, -0.1) is 0 Å². The summed E-state index contributed by atoms with van der Waals surface area (Å²) in [6, 6.07) is 5.25. The van der Waals surface area contributed by atoms with E-state index >= 15 is 0 Å². The predicted octanol–water partition coefficient (Wildman–Crippen LogP) is 2.68. The zero-order chi connectivity index (χ0) is 9.84. The number of rotatable bonds is 3. The van der Waals surface area contributed by atoms with E-state index in [0.717, 1.165) is 12.0 Å². The van der Waals surface area contributed by atoms with Crippen molar-refractivity contribution < 1.29 is 9.90 Å². The van der Waals surface area contributed by atoms with Crippen LogP contribution in [0.5, 0.6) is 5.75 Å². The van der Waals surface area contributed by atoms with Crippen molar-refractivity contribution in [2.45, 2.75) is 26.7 Å². The Balaban J connectivity index is 3.01. The molecule has 1 aromatic carbocycles. The summed E-state index contributed by atoms with van der Waals surface area (Å²) in [4.78, 5) is 11.5. The van der Waals surface area contributed by atoms with Gasteiger partial charge in [-0.3, -0.25) is 4.79 Å². The summed E-state index contributed by atoms with van der Waals surface area (Å²) >= 11 is 0. The van der Waals surface area contributed by atoms with Gasteiger partial charge in [-0.2, -0.15) is 0 Å². The minimum atomic E-state index is 0.0173. The maximum atomic E-state index is 11.5. The zero-order valence-electron chi connectivity index (χ0n) is 8.00. The van der Waals surface area contributed by atoms with Crippen molar-refractivity contribution in [2.24, 2.45) is 0 Å². The molecule has 0 aromatic heterocycles. The molecule has 0 aliphatic heterocycles.